The van der Waals surface area contributed by atoms with E-state index in [-0.39, 0.29) is 30.7 Å². The third-order valence-corrected chi connectivity index (χ3v) is 2.36. The van der Waals surface area contributed by atoms with Crippen molar-refractivity contribution >= 4 is 11.9 Å². The summed E-state index contributed by atoms with van der Waals surface area (Å²) in [5, 5.41) is 10.1. The summed E-state index contributed by atoms with van der Waals surface area (Å²) < 4.78 is 6.33. The number of hydrogen-bond donors (Lipinski definition) is 1. The molecule has 0 unspecified atom stereocenters. The van der Waals surface area contributed by atoms with Crippen molar-refractivity contribution < 1.29 is 14.3 Å². The topological polar surface area (TPSA) is 86.1 Å². The summed E-state index contributed by atoms with van der Waals surface area (Å²) in [6.07, 6.45) is 0. The molecule has 1 amide bonds. The smallest absolute Gasteiger partial charge is 0.360 e. The van der Waals surface area contributed by atoms with Gasteiger partial charge < -0.3 is 10.1 Å². The average molecular weight is 254 g/mol. The Kier molecular flexibility index (Phi) is 4.82. The fourth-order valence-electron chi connectivity index (χ4n) is 1.57. The van der Waals surface area contributed by atoms with Gasteiger partial charge in [-0.05, 0) is 12.8 Å². The van der Waals surface area contributed by atoms with Crippen LogP contribution in [0.1, 0.15) is 42.9 Å². The molecule has 1 heterocycles. The van der Waals surface area contributed by atoms with Crippen LogP contribution in [-0.4, -0.2) is 40.5 Å². The normalized spacial score (nSPS) is 10.5. The van der Waals surface area contributed by atoms with Crippen LogP contribution in [0.4, 0.5) is 0 Å². The molecule has 1 aromatic rings. The zero-order valence-corrected chi connectivity index (χ0v) is 11.1. The van der Waals surface area contributed by atoms with Crippen molar-refractivity contribution in [3.63, 3.8) is 0 Å². The number of likely N-dealkylation sites (N-methyl/N-ethyl adjacent to an activating group) is 1. The van der Waals surface area contributed by atoms with Crippen molar-refractivity contribution in [1.82, 2.24) is 20.3 Å². The molecule has 100 valence electrons. The zero-order chi connectivity index (χ0) is 13.7. The molecule has 0 aromatic carbocycles. The third-order valence-electron chi connectivity index (χ3n) is 2.36. The van der Waals surface area contributed by atoms with Crippen LogP contribution in [0.2, 0.25) is 0 Å². The summed E-state index contributed by atoms with van der Waals surface area (Å²) in [5.41, 5.74) is 0.785. The van der Waals surface area contributed by atoms with E-state index in [4.69, 9.17) is 4.74 Å². The average Bonchev–Trinajstić information content (AvgIpc) is 2.73. The maximum atomic E-state index is 11.7. The zero-order valence-electron chi connectivity index (χ0n) is 11.1. The summed E-state index contributed by atoms with van der Waals surface area (Å²) >= 11 is 0. The van der Waals surface area contributed by atoms with Crippen LogP contribution in [0.15, 0.2) is 0 Å². The molecule has 0 spiro atoms. The fourth-order valence-corrected chi connectivity index (χ4v) is 1.57. The second-order valence-corrected chi connectivity index (χ2v) is 4.03. The van der Waals surface area contributed by atoms with Crippen LogP contribution in [-0.2, 0) is 16.1 Å². The number of ether oxygens (including phenoxy) is 1. The Hall–Kier alpha value is -1.92. The Balaban J connectivity index is 3.06. The molecule has 0 aliphatic heterocycles. The van der Waals surface area contributed by atoms with Gasteiger partial charge in [-0.15, -0.1) is 5.10 Å². The number of nitrogens with one attached hydrogen (secondary N) is 1. The number of nitrogens with zero attached hydrogens (tertiary/aromatic N) is 3. The summed E-state index contributed by atoms with van der Waals surface area (Å²) in [6.45, 7) is 5.85. The van der Waals surface area contributed by atoms with Gasteiger partial charge in [-0.3, -0.25) is 4.79 Å². The minimum atomic E-state index is -0.510. The first-order chi connectivity index (χ1) is 8.51. The monoisotopic (exact) mass is 254 g/mol. The molecule has 0 radical (unpaired) electrons. The van der Waals surface area contributed by atoms with Gasteiger partial charge in [0, 0.05) is 7.05 Å². The molecular weight excluding hydrogens is 236 g/mol. The number of carbonyl (C=O) groups excluding carboxylic acids is 2. The minimum Gasteiger partial charge on any atom is -0.461 e. The number of rotatable bonds is 5. The van der Waals surface area contributed by atoms with Gasteiger partial charge >= 0.3 is 5.97 Å². The van der Waals surface area contributed by atoms with E-state index >= 15 is 0 Å². The third kappa shape index (κ3) is 3.06. The molecular formula is C11H18N4O3. The molecule has 7 nitrogen and oxygen atoms in total. The van der Waals surface area contributed by atoms with Crippen LogP contribution in [0.3, 0.4) is 0 Å². The lowest BCUT2D eigenvalue weighted by Gasteiger charge is -2.09. The Morgan fingerprint density at radius 2 is 2.11 bits per heavy atom. The van der Waals surface area contributed by atoms with E-state index in [1.54, 1.807) is 14.0 Å². The Morgan fingerprint density at radius 3 is 2.61 bits per heavy atom. The highest BCUT2D eigenvalue weighted by molar-refractivity contribution is 5.88. The summed E-state index contributed by atoms with van der Waals surface area (Å²) in [6, 6.07) is 0. The molecule has 18 heavy (non-hydrogen) atoms. The summed E-state index contributed by atoms with van der Waals surface area (Å²) in [5.74, 6) is -0.689. The van der Waals surface area contributed by atoms with Crippen molar-refractivity contribution in [3.05, 3.63) is 11.4 Å². The van der Waals surface area contributed by atoms with Crippen LogP contribution < -0.4 is 5.32 Å². The van der Waals surface area contributed by atoms with Gasteiger partial charge in [-0.2, -0.15) is 0 Å². The first-order valence-corrected chi connectivity index (χ1v) is 5.82. The molecule has 0 bridgehead atoms. The van der Waals surface area contributed by atoms with E-state index < -0.39 is 5.97 Å². The van der Waals surface area contributed by atoms with Crippen molar-refractivity contribution in [2.75, 3.05) is 13.7 Å². The number of esters is 1. The standard InChI is InChI=1S/C11H18N4O3/c1-5-18-11(17)9-10(7(2)3)15(14-13-9)6-8(16)12-4/h7H,5-6H2,1-4H3,(H,12,16). The molecule has 1 rings (SSSR count). The largest absolute Gasteiger partial charge is 0.461 e. The highest BCUT2D eigenvalue weighted by Crippen LogP contribution is 2.18. The number of carbonyl (C=O) groups is 2. The van der Waals surface area contributed by atoms with Gasteiger partial charge in [0.1, 0.15) is 6.54 Å². The second kappa shape index (κ2) is 6.13. The Labute approximate surface area is 105 Å². The molecule has 0 aliphatic rings. The first-order valence-electron chi connectivity index (χ1n) is 5.82. The molecule has 0 saturated carbocycles. The highest BCUT2D eigenvalue weighted by Gasteiger charge is 2.23. The lowest BCUT2D eigenvalue weighted by Crippen LogP contribution is -2.25. The SMILES string of the molecule is CCOC(=O)c1nnn(CC(=O)NC)c1C(C)C. The van der Waals surface area contributed by atoms with E-state index in [1.165, 1.54) is 4.68 Å². The summed E-state index contributed by atoms with van der Waals surface area (Å²) in [4.78, 5) is 23.0. The molecule has 1 aromatic heterocycles. The van der Waals surface area contributed by atoms with Crippen molar-refractivity contribution in [1.29, 1.82) is 0 Å². The maximum absolute atomic E-state index is 11.7. The predicted octanol–water partition coefficient (Wildman–Crippen LogP) is 0.324. The van der Waals surface area contributed by atoms with Gasteiger partial charge in [0.05, 0.1) is 12.3 Å². The lowest BCUT2D eigenvalue weighted by atomic mass is 10.1. The van der Waals surface area contributed by atoms with Crippen LogP contribution in [0, 0.1) is 0 Å². The van der Waals surface area contributed by atoms with E-state index in [0.29, 0.717) is 5.69 Å². The molecule has 1 N–H and O–H groups in total. The van der Waals surface area contributed by atoms with E-state index in [1.807, 2.05) is 13.8 Å². The molecule has 0 atom stereocenters. The minimum absolute atomic E-state index is 0.0177. The van der Waals surface area contributed by atoms with Crippen LogP contribution >= 0.6 is 0 Å². The predicted molar refractivity (Wildman–Crippen MR) is 64.1 cm³/mol. The van der Waals surface area contributed by atoms with Crippen molar-refractivity contribution in [2.24, 2.45) is 0 Å². The Morgan fingerprint density at radius 1 is 1.44 bits per heavy atom. The van der Waals surface area contributed by atoms with E-state index in [9.17, 15) is 9.59 Å². The number of amides is 1. The molecule has 0 saturated heterocycles. The number of hydrogen-bond acceptors (Lipinski definition) is 5. The molecule has 0 aliphatic carbocycles. The van der Waals surface area contributed by atoms with E-state index in [0.717, 1.165) is 0 Å². The van der Waals surface area contributed by atoms with Crippen molar-refractivity contribution in [2.45, 2.75) is 33.2 Å². The second-order valence-electron chi connectivity index (χ2n) is 4.03. The quantitative estimate of drug-likeness (QED) is 0.765. The van der Waals surface area contributed by atoms with Crippen LogP contribution in [0.5, 0.6) is 0 Å². The summed E-state index contributed by atoms with van der Waals surface area (Å²) in [7, 11) is 1.54. The molecule has 7 heteroatoms. The van der Waals surface area contributed by atoms with Gasteiger partial charge in [-0.1, -0.05) is 19.1 Å². The molecule has 0 fully saturated rings. The lowest BCUT2D eigenvalue weighted by molar-refractivity contribution is -0.121. The van der Waals surface area contributed by atoms with Gasteiger partial charge in [-0.25, -0.2) is 9.48 Å². The van der Waals surface area contributed by atoms with Crippen molar-refractivity contribution in [3.8, 4) is 0 Å². The first kappa shape index (κ1) is 14.1. The van der Waals surface area contributed by atoms with E-state index in [2.05, 4.69) is 15.6 Å². The Bertz CT molecular complexity index is 439. The van der Waals surface area contributed by atoms with Gasteiger partial charge in [0.2, 0.25) is 5.91 Å². The highest BCUT2D eigenvalue weighted by atomic mass is 16.5. The maximum Gasteiger partial charge on any atom is 0.360 e. The van der Waals surface area contributed by atoms with Gasteiger partial charge in [0.25, 0.3) is 0 Å². The number of aromatic nitrogens is 3. The van der Waals surface area contributed by atoms with Gasteiger partial charge in [0.15, 0.2) is 5.69 Å². The fraction of sp³-hybridized carbons (Fsp3) is 0.636. The van der Waals surface area contributed by atoms with Crippen LogP contribution in [0.25, 0.3) is 0 Å².